The number of hydrogen-bond acceptors (Lipinski definition) is 5. The number of aromatic carboxylic acids is 1. The molecule has 0 aliphatic carbocycles. The van der Waals surface area contributed by atoms with Crippen LogP contribution in [0.4, 0.5) is 0 Å². The highest BCUT2D eigenvalue weighted by Gasteiger charge is 2.19. The topological polar surface area (TPSA) is 85.3 Å². The molecular weight excluding hydrogens is 338 g/mol. The van der Waals surface area contributed by atoms with Gasteiger partial charge in [0.15, 0.2) is 11.5 Å². The van der Waals surface area contributed by atoms with E-state index in [4.69, 9.17) is 19.3 Å². The van der Waals surface area contributed by atoms with E-state index in [1.165, 1.54) is 24.3 Å². The van der Waals surface area contributed by atoms with Crippen LogP contribution in [0, 0.1) is 0 Å². The molecule has 1 aliphatic heterocycles. The third kappa shape index (κ3) is 3.94. The number of fused-ring (bicyclic) bond motifs is 1. The van der Waals surface area contributed by atoms with Gasteiger partial charge in [-0.1, -0.05) is 6.07 Å². The summed E-state index contributed by atoms with van der Waals surface area (Å²) in [5.74, 6) is 0.123. The quantitative estimate of drug-likeness (QED) is 0.819. The molecule has 0 saturated carbocycles. The Balaban J connectivity index is 1.78. The summed E-state index contributed by atoms with van der Waals surface area (Å²) in [6.45, 7) is 1.37. The Bertz CT molecular complexity index is 802. The highest BCUT2D eigenvalue weighted by Crippen LogP contribution is 2.32. The molecule has 0 aromatic heterocycles. The molecule has 0 spiro atoms. The highest BCUT2D eigenvalue weighted by molar-refractivity contribution is 5.95. The number of benzene rings is 2. The largest absolute Gasteiger partial charge is 0.478 e. The second kappa shape index (κ2) is 7.88. The summed E-state index contributed by atoms with van der Waals surface area (Å²) in [5.41, 5.74) is 1.47. The second-order valence-corrected chi connectivity index (χ2v) is 5.79. The lowest BCUT2D eigenvalue weighted by Crippen LogP contribution is -2.33. The van der Waals surface area contributed by atoms with Crippen molar-refractivity contribution in [3.05, 3.63) is 59.2 Å². The fourth-order valence-corrected chi connectivity index (χ4v) is 2.65. The molecule has 7 heteroatoms. The number of amides is 1. The van der Waals surface area contributed by atoms with Crippen LogP contribution >= 0.6 is 0 Å². The van der Waals surface area contributed by atoms with E-state index in [0.717, 1.165) is 5.56 Å². The number of ether oxygens (including phenoxy) is 3. The first-order valence-electron chi connectivity index (χ1n) is 8.08. The summed E-state index contributed by atoms with van der Waals surface area (Å²) in [4.78, 5) is 25.4. The minimum Gasteiger partial charge on any atom is -0.478 e. The van der Waals surface area contributed by atoms with E-state index in [2.05, 4.69) is 0 Å². The number of nitrogens with zero attached hydrogens (tertiary/aromatic N) is 1. The molecule has 0 bridgehead atoms. The molecule has 2 aromatic rings. The molecular formula is C19H19NO6. The summed E-state index contributed by atoms with van der Waals surface area (Å²) in [6.07, 6.45) is 0. The first-order valence-corrected chi connectivity index (χ1v) is 8.08. The molecule has 0 unspecified atom stereocenters. The Morgan fingerprint density at radius 1 is 1.08 bits per heavy atom. The van der Waals surface area contributed by atoms with Gasteiger partial charge in [0.2, 0.25) is 6.79 Å². The molecule has 2 aromatic carbocycles. The Morgan fingerprint density at radius 3 is 2.46 bits per heavy atom. The van der Waals surface area contributed by atoms with Crippen LogP contribution in [0.25, 0.3) is 0 Å². The maximum Gasteiger partial charge on any atom is 0.335 e. The standard InChI is InChI=1S/C19H19NO6/c1-24-9-8-20(11-13-2-7-16-17(10-13)26-12-25-16)18(21)14-3-5-15(6-4-14)19(22)23/h2-7,10H,8-9,11-12H2,1H3,(H,22,23). The first-order chi connectivity index (χ1) is 12.6. The van der Waals surface area contributed by atoms with Crippen molar-refractivity contribution >= 4 is 11.9 Å². The molecule has 26 heavy (non-hydrogen) atoms. The first kappa shape index (κ1) is 17.8. The zero-order valence-corrected chi connectivity index (χ0v) is 14.3. The highest BCUT2D eigenvalue weighted by atomic mass is 16.7. The summed E-state index contributed by atoms with van der Waals surface area (Å²) >= 11 is 0. The second-order valence-electron chi connectivity index (χ2n) is 5.79. The lowest BCUT2D eigenvalue weighted by molar-refractivity contribution is 0.0673. The molecule has 7 nitrogen and oxygen atoms in total. The molecule has 0 saturated heterocycles. The predicted octanol–water partition coefficient (Wildman–Crippen LogP) is 2.40. The van der Waals surface area contributed by atoms with Crippen molar-refractivity contribution in [1.82, 2.24) is 4.90 Å². The van der Waals surface area contributed by atoms with Gasteiger partial charge in [-0.3, -0.25) is 4.79 Å². The number of carboxylic acids is 1. The van der Waals surface area contributed by atoms with E-state index in [0.29, 0.717) is 36.8 Å². The van der Waals surface area contributed by atoms with Crippen LogP contribution in [0.15, 0.2) is 42.5 Å². The van der Waals surface area contributed by atoms with Crippen LogP contribution in [-0.4, -0.2) is 48.9 Å². The monoisotopic (exact) mass is 357 g/mol. The van der Waals surface area contributed by atoms with Gasteiger partial charge < -0.3 is 24.2 Å². The van der Waals surface area contributed by atoms with Crippen LogP contribution in [0.2, 0.25) is 0 Å². The normalized spacial score (nSPS) is 12.0. The maximum absolute atomic E-state index is 12.8. The summed E-state index contributed by atoms with van der Waals surface area (Å²) in [7, 11) is 1.57. The number of rotatable bonds is 7. The fourth-order valence-electron chi connectivity index (χ4n) is 2.65. The smallest absolute Gasteiger partial charge is 0.335 e. The van der Waals surface area contributed by atoms with Crippen molar-refractivity contribution in [2.75, 3.05) is 27.1 Å². The molecule has 0 fully saturated rings. The van der Waals surface area contributed by atoms with Gasteiger partial charge >= 0.3 is 5.97 Å². The van der Waals surface area contributed by atoms with Crippen LogP contribution in [0.3, 0.4) is 0 Å². The van der Waals surface area contributed by atoms with E-state index in [1.807, 2.05) is 18.2 Å². The summed E-state index contributed by atoms with van der Waals surface area (Å²) in [5, 5.41) is 8.98. The zero-order chi connectivity index (χ0) is 18.5. The van der Waals surface area contributed by atoms with E-state index in [1.54, 1.807) is 12.0 Å². The van der Waals surface area contributed by atoms with Crippen molar-refractivity contribution in [3.63, 3.8) is 0 Å². The van der Waals surface area contributed by atoms with Gasteiger partial charge in [-0.15, -0.1) is 0 Å². The lowest BCUT2D eigenvalue weighted by atomic mass is 10.1. The van der Waals surface area contributed by atoms with Crippen molar-refractivity contribution in [1.29, 1.82) is 0 Å². The van der Waals surface area contributed by atoms with Crippen LogP contribution < -0.4 is 9.47 Å². The average Bonchev–Trinajstić information content (AvgIpc) is 3.12. The van der Waals surface area contributed by atoms with Crippen LogP contribution in [0.1, 0.15) is 26.3 Å². The van der Waals surface area contributed by atoms with Gasteiger partial charge in [-0.05, 0) is 42.0 Å². The van der Waals surface area contributed by atoms with Gasteiger partial charge in [0, 0.05) is 25.8 Å². The van der Waals surface area contributed by atoms with E-state index in [9.17, 15) is 9.59 Å². The third-order valence-corrected chi connectivity index (χ3v) is 4.04. The Labute approximate surface area is 150 Å². The Kier molecular flexibility index (Phi) is 5.38. The number of carboxylic acid groups (broad SMARTS) is 1. The molecule has 1 aliphatic rings. The SMILES string of the molecule is COCCN(Cc1ccc2c(c1)OCO2)C(=O)c1ccc(C(=O)O)cc1. The molecule has 136 valence electrons. The van der Waals surface area contributed by atoms with Gasteiger partial charge in [0.1, 0.15) is 0 Å². The Hall–Kier alpha value is -3.06. The number of hydrogen-bond donors (Lipinski definition) is 1. The lowest BCUT2D eigenvalue weighted by Gasteiger charge is -2.23. The van der Waals surface area contributed by atoms with Crippen molar-refractivity contribution < 1.29 is 28.9 Å². The minimum absolute atomic E-state index is 0.140. The fraction of sp³-hybridized carbons (Fsp3) is 0.263. The van der Waals surface area contributed by atoms with Crippen LogP contribution in [0.5, 0.6) is 11.5 Å². The molecule has 1 N–H and O–H groups in total. The van der Waals surface area contributed by atoms with Crippen LogP contribution in [-0.2, 0) is 11.3 Å². The molecule has 1 heterocycles. The molecule has 0 atom stereocenters. The van der Waals surface area contributed by atoms with Crippen molar-refractivity contribution in [2.24, 2.45) is 0 Å². The van der Waals surface area contributed by atoms with E-state index in [-0.39, 0.29) is 18.3 Å². The number of methoxy groups -OCH3 is 1. The molecule has 3 rings (SSSR count). The van der Waals surface area contributed by atoms with Gasteiger partial charge in [0.25, 0.3) is 5.91 Å². The molecule has 0 radical (unpaired) electrons. The van der Waals surface area contributed by atoms with Gasteiger partial charge in [-0.25, -0.2) is 4.79 Å². The van der Waals surface area contributed by atoms with E-state index < -0.39 is 5.97 Å². The minimum atomic E-state index is -1.03. The number of carbonyl (C=O) groups is 2. The molecule has 1 amide bonds. The average molecular weight is 357 g/mol. The Morgan fingerprint density at radius 2 is 1.77 bits per heavy atom. The summed E-state index contributed by atoms with van der Waals surface area (Å²) in [6, 6.07) is 11.4. The van der Waals surface area contributed by atoms with Crippen molar-refractivity contribution in [2.45, 2.75) is 6.54 Å². The maximum atomic E-state index is 12.8. The predicted molar refractivity (Wildman–Crippen MR) is 92.6 cm³/mol. The number of carbonyl (C=O) groups excluding carboxylic acids is 1. The van der Waals surface area contributed by atoms with E-state index >= 15 is 0 Å². The van der Waals surface area contributed by atoms with Gasteiger partial charge in [0.05, 0.1) is 12.2 Å². The van der Waals surface area contributed by atoms with Gasteiger partial charge in [-0.2, -0.15) is 0 Å². The zero-order valence-electron chi connectivity index (χ0n) is 14.3. The third-order valence-electron chi connectivity index (χ3n) is 4.04. The summed E-state index contributed by atoms with van der Waals surface area (Å²) < 4.78 is 15.8. The van der Waals surface area contributed by atoms with Crippen molar-refractivity contribution in [3.8, 4) is 11.5 Å².